The SMILES string of the molecule is Cc1cc(NC(=O)C2CC(=O)N(c3ccccc3Oc3ccccc3)C2)no1. The molecule has 1 aromatic heterocycles. The van der Waals surface area contributed by atoms with Gasteiger partial charge in [0.25, 0.3) is 0 Å². The van der Waals surface area contributed by atoms with Gasteiger partial charge in [-0.2, -0.15) is 0 Å². The highest BCUT2D eigenvalue weighted by atomic mass is 16.5. The second-order valence-corrected chi connectivity index (χ2v) is 6.60. The predicted molar refractivity (Wildman–Crippen MR) is 103 cm³/mol. The van der Waals surface area contributed by atoms with Gasteiger partial charge in [-0.3, -0.25) is 9.59 Å². The first kappa shape index (κ1) is 17.8. The number of ether oxygens (including phenoxy) is 1. The highest BCUT2D eigenvalue weighted by molar-refractivity contribution is 6.04. The summed E-state index contributed by atoms with van der Waals surface area (Å²) in [7, 11) is 0. The van der Waals surface area contributed by atoms with Crippen LogP contribution < -0.4 is 15.0 Å². The van der Waals surface area contributed by atoms with Crippen LogP contribution in [-0.4, -0.2) is 23.5 Å². The Bertz CT molecular complexity index is 1000. The summed E-state index contributed by atoms with van der Waals surface area (Å²) < 4.78 is 10.9. The maximum Gasteiger partial charge on any atom is 0.231 e. The number of aryl methyl sites for hydroxylation is 1. The summed E-state index contributed by atoms with van der Waals surface area (Å²) in [4.78, 5) is 26.7. The van der Waals surface area contributed by atoms with Crippen LogP contribution in [0.3, 0.4) is 0 Å². The van der Waals surface area contributed by atoms with Crippen LogP contribution >= 0.6 is 0 Å². The normalized spacial score (nSPS) is 16.2. The lowest BCUT2D eigenvalue weighted by atomic mass is 10.1. The molecule has 1 aliphatic rings. The molecule has 0 spiro atoms. The van der Waals surface area contributed by atoms with Gasteiger partial charge in [-0.1, -0.05) is 35.5 Å². The Kier molecular flexibility index (Phi) is 4.80. The van der Waals surface area contributed by atoms with Crippen molar-refractivity contribution in [3.05, 3.63) is 66.4 Å². The predicted octanol–water partition coefficient (Wildman–Crippen LogP) is 3.77. The third kappa shape index (κ3) is 3.73. The molecule has 7 nitrogen and oxygen atoms in total. The molecule has 1 fully saturated rings. The maximum atomic E-state index is 12.6. The first-order valence-electron chi connectivity index (χ1n) is 8.96. The Morgan fingerprint density at radius 1 is 1.18 bits per heavy atom. The largest absolute Gasteiger partial charge is 0.455 e. The van der Waals surface area contributed by atoms with Crippen molar-refractivity contribution in [3.63, 3.8) is 0 Å². The Morgan fingerprint density at radius 2 is 1.93 bits per heavy atom. The number of amides is 2. The molecule has 0 aliphatic carbocycles. The van der Waals surface area contributed by atoms with E-state index in [-0.39, 0.29) is 24.8 Å². The Balaban J connectivity index is 1.50. The van der Waals surface area contributed by atoms with Gasteiger partial charge in [-0.05, 0) is 31.2 Å². The lowest BCUT2D eigenvalue weighted by Gasteiger charge is -2.20. The average Bonchev–Trinajstić information content (AvgIpc) is 3.28. The second kappa shape index (κ2) is 7.56. The van der Waals surface area contributed by atoms with E-state index in [4.69, 9.17) is 9.26 Å². The summed E-state index contributed by atoms with van der Waals surface area (Å²) in [6.07, 6.45) is 0.127. The fraction of sp³-hybridized carbons (Fsp3) is 0.190. The number of benzene rings is 2. The fourth-order valence-corrected chi connectivity index (χ4v) is 3.15. The van der Waals surface area contributed by atoms with Gasteiger partial charge >= 0.3 is 0 Å². The Hall–Kier alpha value is -3.61. The monoisotopic (exact) mass is 377 g/mol. The topological polar surface area (TPSA) is 84.7 Å². The van der Waals surface area contributed by atoms with Crippen molar-refractivity contribution in [3.8, 4) is 11.5 Å². The molecular weight excluding hydrogens is 358 g/mol. The van der Waals surface area contributed by atoms with E-state index in [1.807, 2.05) is 48.5 Å². The van der Waals surface area contributed by atoms with Crippen LogP contribution in [0.1, 0.15) is 12.2 Å². The lowest BCUT2D eigenvalue weighted by molar-refractivity contribution is -0.122. The van der Waals surface area contributed by atoms with Gasteiger partial charge in [0.1, 0.15) is 11.5 Å². The summed E-state index contributed by atoms with van der Waals surface area (Å²) in [5.41, 5.74) is 0.643. The molecule has 28 heavy (non-hydrogen) atoms. The average molecular weight is 377 g/mol. The van der Waals surface area contributed by atoms with E-state index in [0.717, 1.165) is 0 Å². The minimum atomic E-state index is -0.478. The first-order chi connectivity index (χ1) is 13.6. The standard InChI is InChI=1S/C21H19N3O4/c1-14-11-19(23-28-14)22-21(26)15-12-20(25)24(13-15)17-9-5-6-10-18(17)27-16-7-3-2-4-8-16/h2-11,15H,12-13H2,1H3,(H,22,23,26). The van der Waals surface area contributed by atoms with Gasteiger partial charge in [-0.15, -0.1) is 0 Å². The van der Waals surface area contributed by atoms with Crippen molar-refractivity contribution >= 4 is 23.3 Å². The summed E-state index contributed by atoms with van der Waals surface area (Å²) in [5.74, 6) is 1.33. The van der Waals surface area contributed by atoms with Gasteiger partial charge in [0.05, 0.1) is 11.6 Å². The van der Waals surface area contributed by atoms with Crippen molar-refractivity contribution < 1.29 is 18.8 Å². The smallest absolute Gasteiger partial charge is 0.231 e. The molecule has 4 rings (SSSR count). The highest BCUT2D eigenvalue weighted by Gasteiger charge is 2.36. The molecule has 0 bridgehead atoms. The molecule has 0 radical (unpaired) electrons. The van der Waals surface area contributed by atoms with Crippen molar-refractivity contribution in [2.75, 3.05) is 16.8 Å². The number of para-hydroxylation sites is 3. The van der Waals surface area contributed by atoms with Crippen LogP contribution in [0.5, 0.6) is 11.5 Å². The minimum Gasteiger partial charge on any atom is -0.455 e. The molecule has 0 saturated carbocycles. The quantitative estimate of drug-likeness (QED) is 0.732. The zero-order chi connectivity index (χ0) is 19.5. The zero-order valence-electron chi connectivity index (χ0n) is 15.3. The molecule has 1 unspecified atom stereocenters. The van der Waals surface area contributed by atoms with E-state index in [9.17, 15) is 9.59 Å². The van der Waals surface area contributed by atoms with Crippen LogP contribution in [0.15, 0.2) is 65.2 Å². The van der Waals surface area contributed by atoms with Gasteiger partial charge in [-0.25, -0.2) is 0 Å². The molecule has 1 atom stereocenters. The van der Waals surface area contributed by atoms with Crippen molar-refractivity contribution in [1.29, 1.82) is 0 Å². The van der Waals surface area contributed by atoms with E-state index in [0.29, 0.717) is 28.8 Å². The highest BCUT2D eigenvalue weighted by Crippen LogP contribution is 2.35. The molecule has 7 heteroatoms. The number of carbonyl (C=O) groups is 2. The van der Waals surface area contributed by atoms with Gasteiger partial charge < -0.3 is 19.5 Å². The van der Waals surface area contributed by atoms with E-state index >= 15 is 0 Å². The second-order valence-electron chi connectivity index (χ2n) is 6.60. The molecule has 1 saturated heterocycles. The number of anilines is 2. The Labute approximate surface area is 161 Å². The van der Waals surface area contributed by atoms with E-state index in [1.165, 1.54) is 0 Å². The van der Waals surface area contributed by atoms with Gasteiger partial charge in [0.15, 0.2) is 11.6 Å². The number of hydrogen-bond donors (Lipinski definition) is 1. The number of nitrogens with zero attached hydrogens (tertiary/aromatic N) is 2. The summed E-state index contributed by atoms with van der Waals surface area (Å²) in [6.45, 7) is 2.02. The van der Waals surface area contributed by atoms with Crippen LogP contribution in [0, 0.1) is 12.8 Å². The first-order valence-corrected chi connectivity index (χ1v) is 8.96. The van der Waals surface area contributed by atoms with Crippen LogP contribution in [0.25, 0.3) is 0 Å². The maximum absolute atomic E-state index is 12.6. The van der Waals surface area contributed by atoms with Crippen LogP contribution in [-0.2, 0) is 9.59 Å². The fourth-order valence-electron chi connectivity index (χ4n) is 3.15. The zero-order valence-corrected chi connectivity index (χ0v) is 15.3. The summed E-state index contributed by atoms with van der Waals surface area (Å²) in [5, 5.41) is 6.46. The van der Waals surface area contributed by atoms with Crippen molar-refractivity contribution in [2.45, 2.75) is 13.3 Å². The van der Waals surface area contributed by atoms with Gasteiger partial charge in [0.2, 0.25) is 11.8 Å². The molecule has 2 aromatic carbocycles. The molecule has 2 amide bonds. The molecule has 1 aliphatic heterocycles. The molecule has 3 aromatic rings. The molecule has 1 N–H and O–H groups in total. The minimum absolute atomic E-state index is 0.124. The molecule has 2 heterocycles. The third-order valence-electron chi connectivity index (χ3n) is 4.50. The molecule has 142 valence electrons. The van der Waals surface area contributed by atoms with Crippen LogP contribution in [0.2, 0.25) is 0 Å². The van der Waals surface area contributed by atoms with Gasteiger partial charge in [0, 0.05) is 19.0 Å². The number of hydrogen-bond acceptors (Lipinski definition) is 5. The number of aromatic nitrogens is 1. The number of carbonyl (C=O) groups excluding carboxylic acids is 2. The lowest BCUT2D eigenvalue weighted by Crippen LogP contribution is -2.28. The summed E-state index contributed by atoms with van der Waals surface area (Å²) in [6, 6.07) is 18.3. The molecular formula is C21H19N3O4. The number of nitrogens with one attached hydrogen (secondary N) is 1. The Morgan fingerprint density at radius 3 is 2.68 bits per heavy atom. The van der Waals surface area contributed by atoms with E-state index in [1.54, 1.807) is 24.0 Å². The van der Waals surface area contributed by atoms with Crippen molar-refractivity contribution in [1.82, 2.24) is 5.16 Å². The van der Waals surface area contributed by atoms with Crippen LogP contribution in [0.4, 0.5) is 11.5 Å². The number of rotatable bonds is 5. The van der Waals surface area contributed by atoms with E-state index in [2.05, 4.69) is 10.5 Å². The van der Waals surface area contributed by atoms with E-state index < -0.39 is 5.92 Å². The third-order valence-corrected chi connectivity index (χ3v) is 4.50. The summed E-state index contributed by atoms with van der Waals surface area (Å²) >= 11 is 0. The van der Waals surface area contributed by atoms with Crippen molar-refractivity contribution in [2.24, 2.45) is 5.92 Å².